The highest BCUT2D eigenvalue weighted by Gasteiger charge is 2.09. The molecule has 0 aliphatic carbocycles. The van der Waals surface area contributed by atoms with Crippen molar-refractivity contribution in [2.24, 2.45) is 0 Å². The third kappa shape index (κ3) is 4.36. The van der Waals surface area contributed by atoms with Crippen molar-refractivity contribution in [3.05, 3.63) is 108 Å². The summed E-state index contributed by atoms with van der Waals surface area (Å²) in [5.74, 6) is -0.0216. The molecule has 0 atom stereocenters. The van der Waals surface area contributed by atoms with Gasteiger partial charge in [0.15, 0.2) is 5.78 Å². The lowest BCUT2D eigenvalue weighted by molar-refractivity contribution is 0.104. The van der Waals surface area contributed by atoms with Crippen LogP contribution in [0, 0.1) is 0 Å². The molecule has 3 aromatic rings. The molecule has 0 amide bonds. The number of rotatable bonds is 6. The van der Waals surface area contributed by atoms with Gasteiger partial charge in [0.05, 0.1) is 11.4 Å². The van der Waals surface area contributed by atoms with E-state index in [-0.39, 0.29) is 5.78 Å². The summed E-state index contributed by atoms with van der Waals surface area (Å²) in [6, 6.07) is 29.3. The molecule has 124 valence electrons. The summed E-state index contributed by atoms with van der Waals surface area (Å²) in [7, 11) is 0. The molecule has 0 aromatic heterocycles. The van der Waals surface area contributed by atoms with Gasteiger partial charge in [0, 0.05) is 17.3 Å². The number of hydrogen-bond donors (Lipinski definition) is 1. The van der Waals surface area contributed by atoms with Crippen LogP contribution in [0.3, 0.4) is 0 Å². The fourth-order valence-electron chi connectivity index (χ4n) is 2.52. The van der Waals surface area contributed by atoms with Crippen molar-refractivity contribution in [1.29, 1.82) is 0 Å². The molecule has 0 saturated heterocycles. The Bertz CT molecular complexity index is 803. The van der Waals surface area contributed by atoms with Gasteiger partial charge in [0.25, 0.3) is 0 Å². The molecular weight excluding hydrogens is 308 g/mol. The summed E-state index contributed by atoms with van der Waals surface area (Å²) < 4.78 is 0. The van der Waals surface area contributed by atoms with Crippen LogP contribution in [0.4, 0.5) is 11.4 Å². The molecule has 1 N–H and O–H groups in total. The minimum absolute atomic E-state index is 0.0216. The highest BCUT2D eigenvalue weighted by molar-refractivity contribution is 6.04. The third-order valence-electron chi connectivity index (χ3n) is 3.72. The lowest BCUT2D eigenvalue weighted by Crippen LogP contribution is -2.32. The molecular formula is C22H20N2O. The van der Waals surface area contributed by atoms with Gasteiger partial charge < -0.3 is 0 Å². The molecule has 3 nitrogen and oxygen atoms in total. The van der Waals surface area contributed by atoms with Crippen LogP contribution in [-0.2, 0) is 0 Å². The van der Waals surface area contributed by atoms with E-state index in [1.165, 1.54) is 0 Å². The van der Waals surface area contributed by atoms with Crippen LogP contribution in [0.1, 0.15) is 17.3 Å². The number of allylic oxidation sites excluding steroid dienone is 2. The number of nitrogens with one attached hydrogen (secondary N) is 1. The van der Waals surface area contributed by atoms with Gasteiger partial charge in [-0.1, -0.05) is 66.7 Å². The van der Waals surface area contributed by atoms with Gasteiger partial charge in [0.2, 0.25) is 0 Å². The second-order valence-electron chi connectivity index (χ2n) is 5.68. The molecule has 0 saturated carbocycles. The minimum atomic E-state index is -0.0216. The predicted molar refractivity (Wildman–Crippen MR) is 103 cm³/mol. The molecule has 25 heavy (non-hydrogen) atoms. The average molecular weight is 328 g/mol. The number of anilines is 2. The quantitative estimate of drug-likeness (QED) is 0.387. The predicted octanol–water partition coefficient (Wildman–Crippen LogP) is 5.12. The maximum absolute atomic E-state index is 12.4. The third-order valence-corrected chi connectivity index (χ3v) is 3.72. The Labute approximate surface area is 148 Å². The summed E-state index contributed by atoms with van der Waals surface area (Å²) in [6.07, 6.45) is 1.62. The van der Waals surface area contributed by atoms with Crippen molar-refractivity contribution >= 4 is 17.2 Å². The zero-order valence-corrected chi connectivity index (χ0v) is 14.1. The second kappa shape index (κ2) is 7.97. The number of carbonyl (C=O) groups is 1. The van der Waals surface area contributed by atoms with E-state index >= 15 is 0 Å². The molecule has 0 spiro atoms. The van der Waals surface area contributed by atoms with Crippen LogP contribution in [0.2, 0.25) is 0 Å². The monoisotopic (exact) mass is 328 g/mol. The standard InChI is InChI=1S/C22H20N2O/c1-18(17-22(25)19-11-5-2-6-12-19)23-24(20-13-7-3-8-14-20)21-15-9-4-10-16-21/h2-17,23H,1H3/b18-17-. The van der Waals surface area contributed by atoms with E-state index in [0.717, 1.165) is 17.1 Å². The Morgan fingerprint density at radius 1 is 0.760 bits per heavy atom. The lowest BCUT2D eigenvalue weighted by atomic mass is 10.1. The Kier molecular flexibility index (Phi) is 5.27. The fraction of sp³-hybridized carbons (Fsp3) is 0.0455. The molecule has 0 radical (unpaired) electrons. The van der Waals surface area contributed by atoms with Gasteiger partial charge in [-0.2, -0.15) is 0 Å². The summed E-state index contributed by atoms with van der Waals surface area (Å²) >= 11 is 0. The number of ketones is 1. The molecule has 3 heteroatoms. The van der Waals surface area contributed by atoms with Crippen LogP contribution in [0.5, 0.6) is 0 Å². The number of nitrogens with zero attached hydrogens (tertiary/aromatic N) is 1. The normalized spacial score (nSPS) is 11.0. The van der Waals surface area contributed by atoms with Crippen molar-refractivity contribution < 1.29 is 4.79 Å². The van der Waals surface area contributed by atoms with E-state index in [0.29, 0.717) is 5.56 Å². The maximum Gasteiger partial charge on any atom is 0.187 e. The first-order valence-corrected chi connectivity index (χ1v) is 8.18. The van der Waals surface area contributed by atoms with Crippen LogP contribution in [-0.4, -0.2) is 5.78 Å². The number of para-hydroxylation sites is 2. The number of hydrogen-bond acceptors (Lipinski definition) is 3. The minimum Gasteiger partial charge on any atom is -0.298 e. The lowest BCUT2D eigenvalue weighted by Gasteiger charge is -2.27. The van der Waals surface area contributed by atoms with Crippen molar-refractivity contribution in [3.8, 4) is 0 Å². The molecule has 0 heterocycles. The van der Waals surface area contributed by atoms with Crippen molar-refractivity contribution in [2.45, 2.75) is 6.92 Å². The smallest absolute Gasteiger partial charge is 0.187 e. The fourth-order valence-corrected chi connectivity index (χ4v) is 2.52. The number of carbonyl (C=O) groups excluding carboxylic acids is 1. The van der Waals surface area contributed by atoms with E-state index < -0.39 is 0 Å². The van der Waals surface area contributed by atoms with Gasteiger partial charge in [0.1, 0.15) is 0 Å². The van der Waals surface area contributed by atoms with E-state index in [1.54, 1.807) is 6.08 Å². The Balaban J connectivity index is 1.85. The van der Waals surface area contributed by atoms with Crippen molar-refractivity contribution in [1.82, 2.24) is 5.43 Å². The molecule has 0 fully saturated rings. The molecule has 3 rings (SSSR count). The van der Waals surface area contributed by atoms with Gasteiger partial charge in [-0.3, -0.25) is 15.2 Å². The zero-order chi connectivity index (χ0) is 17.5. The summed E-state index contributed by atoms with van der Waals surface area (Å²) in [5, 5.41) is 1.96. The summed E-state index contributed by atoms with van der Waals surface area (Å²) in [4.78, 5) is 12.4. The summed E-state index contributed by atoms with van der Waals surface area (Å²) in [5.41, 5.74) is 6.75. The Hall–Kier alpha value is -3.33. The first-order valence-electron chi connectivity index (χ1n) is 8.18. The van der Waals surface area contributed by atoms with Crippen molar-refractivity contribution in [2.75, 3.05) is 5.01 Å². The zero-order valence-electron chi connectivity index (χ0n) is 14.1. The average Bonchev–Trinajstić information content (AvgIpc) is 2.68. The van der Waals surface area contributed by atoms with E-state index in [2.05, 4.69) is 5.43 Å². The van der Waals surface area contributed by atoms with E-state index in [1.807, 2.05) is 103 Å². The topological polar surface area (TPSA) is 32.3 Å². The largest absolute Gasteiger partial charge is 0.298 e. The van der Waals surface area contributed by atoms with Crippen molar-refractivity contribution in [3.63, 3.8) is 0 Å². The van der Waals surface area contributed by atoms with Crippen LogP contribution in [0.25, 0.3) is 0 Å². The van der Waals surface area contributed by atoms with Gasteiger partial charge in [-0.25, -0.2) is 0 Å². The molecule has 0 aliphatic heterocycles. The van der Waals surface area contributed by atoms with Crippen LogP contribution < -0.4 is 10.4 Å². The highest BCUT2D eigenvalue weighted by atomic mass is 16.1. The van der Waals surface area contributed by atoms with Crippen LogP contribution >= 0.6 is 0 Å². The van der Waals surface area contributed by atoms with Gasteiger partial charge >= 0.3 is 0 Å². The number of benzene rings is 3. The molecule has 3 aromatic carbocycles. The van der Waals surface area contributed by atoms with E-state index in [4.69, 9.17) is 0 Å². The molecule has 0 bridgehead atoms. The highest BCUT2D eigenvalue weighted by Crippen LogP contribution is 2.23. The maximum atomic E-state index is 12.4. The van der Waals surface area contributed by atoms with Crippen LogP contribution in [0.15, 0.2) is 103 Å². The van der Waals surface area contributed by atoms with Gasteiger partial charge in [-0.05, 0) is 31.2 Å². The molecule has 0 aliphatic rings. The Morgan fingerprint density at radius 2 is 1.20 bits per heavy atom. The number of hydrazine groups is 1. The molecule has 0 unspecified atom stereocenters. The SMILES string of the molecule is C/C(=C/C(=O)c1ccccc1)NN(c1ccccc1)c1ccccc1. The van der Waals surface area contributed by atoms with Gasteiger partial charge in [-0.15, -0.1) is 0 Å². The Morgan fingerprint density at radius 3 is 1.68 bits per heavy atom. The summed E-state index contributed by atoms with van der Waals surface area (Å²) in [6.45, 7) is 1.89. The van der Waals surface area contributed by atoms with E-state index in [9.17, 15) is 4.79 Å². The first kappa shape index (κ1) is 16.5. The first-order chi connectivity index (χ1) is 12.2. The second-order valence-corrected chi connectivity index (χ2v) is 5.68.